The van der Waals surface area contributed by atoms with Crippen molar-refractivity contribution in [3.05, 3.63) is 36.4 Å². The molecule has 0 fully saturated rings. The van der Waals surface area contributed by atoms with E-state index < -0.39 is 20.8 Å². The molecule has 104 valence electrons. The van der Waals surface area contributed by atoms with Gasteiger partial charge < -0.3 is 0 Å². The Bertz CT molecular complexity index is 422. The number of benzene rings is 1. The van der Waals surface area contributed by atoms with Crippen LogP contribution in [0, 0.1) is 10.8 Å². The molecule has 0 unspecified atom stereocenters. The molecule has 0 aliphatic carbocycles. The monoisotopic (exact) mass is 302 g/mol. The van der Waals surface area contributed by atoms with E-state index in [9.17, 15) is 0 Å². The van der Waals surface area contributed by atoms with Crippen molar-refractivity contribution in [1.29, 1.82) is 10.8 Å². The maximum absolute atomic E-state index is 8.74. The summed E-state index contributed by atoms with van der Waals surface area (Å²) in [5, 5.41) is 12.0. The summed E-state index contributed by atoms with van der Waals surface area (Å²) in [4.78, 5) is 0. The van der Waals surface area contributed by atoms with Gasteiger partial charge in [-0.25, -0.2) is 0 Å². The predicted molar refractivity (Wildman–Crippen MR) is 58.2 cm³/mol. The summed E-state index contributed by atoms with van der Waals surface area (Å²) >= 11 is 0. The predicted octanol–water partition coefficient (Wildman–Crippen LogP) is 0.411. The van der Waals surface area contributed by atoms with Crippen LogP contribution in [0.2, 0.25) is 0 Å². The van der Waals surface area contributed by atoms with Gasteiger partial charge in [-0.3, -0.25) is 18.2 Å². The SMILES string of the molecule is N#N.O=S(=O)(O)O.O=S(=O)(O)O.c1ccccc1. The number of hydrogen-bond donors (Lipinski definition) is 4. The molecule has 1 rings (SSSR count). The smallest absolute Gasteiger partial charge is 0.264 e. The van der Waals surface area contributed by atoms with Crippen LogP contribution in [0.25, 0.3) is 0 Å². The van der Waals surface area contributed by atoms with Crippen molar-refractivity contribution in [2.75, 3.05) is 0 Å². The molecule has 4 N–H and O–H groups in total. The van der Waals surface area contributed by atoms with Gasteiger partial charge in [-0.05, 0) is 0 Å². The third-order valence-electron chi connectivity index (χ3n) is 0.667. The van der Waals surface area contributed by atoms with Crippen molar-refractivity contribution in [3.63, 3.8) is 0 Å². The van der Waals surface area contributed by atoms with Crippen molar-refractivity contribution in [2.24, 2.45) is 0 Å². The van der Waals surface area contributed by atoms with Crippen LogP contribution in [0.3, 0.4) is 0 Å². The first-order valence-electron chi connectivity index (χ1n) is 3.60. The van der Waals surface area contributed by atoms with E-state index in [-0.39, 0.29) is 0 Å². The standard InChI is InChI=1S/C6H6.N2.2H2O4S/c1-2-4-6-5-3-1;1-2;2*1-5(2,3)4/h1-6H;;2*(H2,1,2,3,4). The Morgan fingerprint density at radius 1 is 0.556 bits per heavy atom. The van der Waals surface area contributed by atoms with Gasteiger partial charge in [0.2, 0.25) is 0 Å². The van der Waals surface area contributed by atoms with Crippen LogP contribution in [0.15, 0.2) is 36.4 Å². The fourth-order valence-electron chi connectivity index (χ4n) is 0.385. The Labute approximate surface area is 103 Å². The zero-order valence-corrected chi connectivity index (χ0v) is 10.2. The average molecular weight is 302 g/mol. The lowest BCUT2D eigenvalue weighted by Gasteiger charge is -1.69. The minimum Gasteiger partial charge on any atom is -0.264 e. The Kier molecular flexibility index (Phi) is 14.3. The molecule has 0 saturated carbocycles. The first-order chi connectivity index (χ1) is 8.00. The minimum absolute atomic E-state index is 2.00. The molecule has 0 heterocycles. The van der Waals surface area contributed by atoms with E-state index in [1.54, 1.807) is 0 Å². The fraction of sp³-hybridized carbons (Fsp3) is 0. The minimum atomic E-state index is -4.67. The first-order valence-corrected chi connectivity index (χ1v) is 6.39. The van der Waals surface area contributed by atoms with E-state index in [0.717, 1.165) is 0 Å². The van der Waals surface area contributed by atoms with Crippen molar-refractivity contribution in [3.8, 4) is 0 Å². The van der Waals surface area contributed by atoms with Crippen LogP contribution in [0.1, 0.15) is 0 Å². The second-order valence-corrected chi connectivity index (χ2v) is 3.84. The van der Waals surface area contributed by atoms with Crippen molar-refractivity contribution >= 4 is 20.8 Å². The zero-order valence-electron chi connectivity index (χ0n) is 8.60. The molecule has 0 spiro atoms. The van der Waals surface area contributed by atoms with Crippen molar-refractivity contribution in [1.82, 2.24) is 0 Å². The van der Waals surface area contributed by atoms with Crippen LogP contribution in [0.4, 0.5) is 0 Å². The molecule has 0 atom stereocenters. The molecular weight excluding hydrogens is 292 g/mol. The summed E-state index contributed by atoms with van der Waals surface area (Å²) < 4.78 is 63.2. The van der Waals surface area contributed by atoms with Gasteiger partial charge in [0.1, 0.15) is 0 Å². The van der Waals surface area contributed by atoms with Crippen LogP contribution in [-0.2, 0) is 20.8 Å². The van der Waals surface area contributed by atoms with Gasteiger partial charge >= 0.3 is 20.8 Å². The Hall–Kier alpha value is -1.62. The number of rotatable bonds is 0. The maximum atomic E-state index is 8.74. The van der Waals surface area contributed by atoms with Gasteiger partial charge in [0.15, 0.2) is 0 Å². The Balaban J connectivity index is -0.000000177. The van der Waals surface area contributed by atoms with Crippen LogP contribution in [-0.4, -0.2) is 35.0 Å². The summed E-state index contributed by atoms with van der Waals surface area (Å²) in [6, 6.07) is 12.0. The highest BCUT2D eigenvalue weighted by Gasteiger charge is 1.85. The van der Waals surface area contributed by atoms with Gasteiger partial charge in [-0.15, -0.1) is 0 Å². The highest BCUT2D eigenvalue weighted by molar-refractivity contribution is 7.80. The second kappa shape index (κ2) is 11.9. The lowest BCUT2D eigenvalue weighted by molar-refractivity contribution is 0.378. The molecule has 10 nitrogen and oxygen atoms in total. The normalized spacial score (nSPS) is 9.22. The molecule has 1 aromatic carbocycles. The van der Waals surface area contributed by atoms with Crippen molar-refractivity contribution < 1.29 is 35.0 Å². The molecule has 0 aliphatic rings. The molecule has 0 aliphatic heterocycles. The Morgan fingerprint density at radius 3 is 0.667 bits per heavy atom. The van der Waals surface area contributed by atoms with E-state index in [4.69, 9.17) is 45.8 Å². The van der Waals surface area contributed by atoms with Crippen LogP contribution >= 0.6 is 0 Å². The highest BCUT2D eigenvalue weighted by Crippen LogP contribution is 1.79. The van der Waals surface area contributed by atoms with Gasteiger partial charge in [-0.2, -0.15) is 16.8 Å². The van der Waals surface area contributed by atoms with E-state index >= 15 is 0 Å². The fourth-order valence-corrected chi connectivity index (χ4v) is 0.385. The summed E-state index contributed by atoms with van der Waals surface area (Å²) in [5.74, 6) is 0. The summed E-state index contributed by atoms with van der Waals surface area (Å²) in [6.07, 6.45) is 0. The lowest BCUT2D eigenvalue weighted by Crippen LogP contribution is -1.89. The molecule has 1 aromatic rings. The average Bonchev–Trinajstić information content (AvgIpc) is 2.18. The molecule has 0 aromatic heterocycles. The van der Waals surface area contributed by atoms with E-state index in [0.29, 0.717) is 0 Å². The third kappa shape index (κ3) is 134. The number of hydrogen-bond acceptors (Lipinski definition) is 6. The van der Waals surface area contributed by atoms with Crippen LogP contribution in [0.5, 0.6) is 0 Å². The lowest BCUT2D eigenvalue weighted by atomic mass is 10.4. The molecule has 12 heteroatoms. The summed E-state index contributed by atoms with van der Waals surface area (Å²) in [6.45, 7) is 0. The molecule has 0 radical (unpaired) electrons. The molecule has 18 heavy (non-hydrogen) atoms. The second-order valence-electron chi connectivity index (χ2n) is 2.05. The summed E-state index contributed by atoms with van der Waals surface area (Å²) in [7, 11) is -9.33. The van der Waals surface area contributed by atoms with Gasteiger partial charge in [0, 0.05) is 10.8 Å². The molecule has 0 saturated heterocycles. The summed E-state index contributed by atoms with van der Waals surface area (Å²) in [5.41, 5.74) is 0. The van der Waals surface area contributed by atoms with E-state index in [1.165, 1.54) is 0 Å². The topological polar surface area (TPSA) is 197 Å². The quantitative estimate of drug-likeness (QED) is 0.384. The molecular formula is C6H10N2O8S2. The first kappa shape index (κ1) is 21.6. The van der Waals surface area contributed by atoms with Gasteiger partial charge in [0.25, 0.3) is 0 Å². The van der Waals surface area contributed by atoms with E-state index in [1.807, 2.05) is 36.4 Å². The van der Waals surface area contributed by atoms with Gasteiger partial charge in [0.05, 0.1) is 0 Å². The van der Waals surface area contributed by atoms with Crippen molar-refractivity contribution in [2.45, 2.75) is 0 Å². The maximum Gasteiger partial charge on any atom is 0.394 e. The van der Waals surface area contributed by atoms with E-state index in [2.05, 4.69) is 0 Å². The largest absolute Gasteiger partial charge is 0.394 e. The zero-order chi connectivity index (χ0) is 15.2. The van der Waals surface area contributed by atoms with Gasteiger partial charge in [-0.1, -0.05) is 36.4 Å². The molecule has 0 amide bonds. The van der Waals surface area contributed by atoms with Crippen LogP contribution < -0.4 is 0 Å². The third-order valence-corrected chi connectivity index (χ3v) is 0.667. The Morgan fingerprint density at radius 2 is 0.611 bits per heavy atom. The molecule has 0 bridgehead atoms. The number of nitrogens with zero attached hydrogens (tertiary/aromatic N) is 2. The highest BCUT2D eigenvalue weighted by atomic mass is 32.3.